The molecule has 16 heavy (non-hydrogen) atoms. The highest BCUT2D eigenvalue weighted by Gasteiger charge is 2.01. The fourth-order valence-corrected chi connectivity index (χ4v) is 1.62. The van der Waals surface area contributed by atoms with E-state index in [9.17, 15) is 0 Å². The molecule has 1 heterocycles. The van der Waals surface area contributed by atoms with Crippen LogP contribution < -0.4 is 0 Å². The quantitative estimate of drug-likeness (QED) is 0.760. The molecule has 0 atom stereocenters. The third-order valence-corrected chi connectivity index (χ3v) is 2.82. The summed E-state index contributed by atoms with van der Waals surface area (Å²) in [5, 5.41) is 0.554. The van der Waals surface area contributed by atoms with Gasteiger partial charge in [0.2, 0.25) is 0 Å². The lowest BCUT2D eigenvalue weighted by molar-refractivity contribution is 0.853. The van der Waals surface area contributed by atoms with E-state index in [0.717, 1.165) is 24.2 Å². The van der Waals surface area contributed by atoms with Gasteiger partial charge in [0.1, 0.15) is 11.0 Å². The van der Waals surface area contributed by atoms with E-state index in [1.165, 1.54) is 5.56 Å². The third-order valence-electron chi connectivity index (χ3n) is 2.44. The Hall–Kier alpha value is -1.41. The van der Waals surface area contributed by atoms with E-state index < -0.39 is 0 Å². The van der Waals surface area contributed by atoms with Crippen LogP contribution in [-0.2, 0) is 12.8 Å². The molecule has 0 spiro atoms. The predicted molar refractivity (Wildman–Crippen MR) is 65.6 cm³/mol. The summed E-state index contributed by atoms with van der Waals surface area (Å²) in [6.45, 7) is 1.91. The molecule has 1 aromatic heterocycles. The largest absolute Gasteiger partial charge is 0.241 e. The Bertz CT molecular complexity index is 469. The van der Waals surface area contributed by atoms with Crippen molar-refractivity contribution < 1.29 is 0 Å². The molecule has 0 unspecified atom stereocenters. The van der Waals surface area contributed by atoms with Crippen LogP contribution in [0.3, 0.4) is 0 Å². The molecule has 0 radical (unpaired) electrons. The maximum absolute atomic E-state index is 5.94. The molecule has 0 amide bonds. The third kappa shape index (κ3) is 2.80. The topological polar surface area (TPSA) is 25.8 Å². The summed E-state index contributed by atoms with van der Waals surface area (Å²) in [6, 6.07) is 10.3. The molecular weight excluding hydrogens is 220 g/mol. The Balaban J connectivity index is 2.03. The predicted octanol–water partition coefficient (Wildman–Crippen LogP) is 3.22. The lowest BCUT2D eigenvalue weighted by Gasteiger charge is -2.02. The lowest BCUT2D eigenvalue weighted by Crippen LogP contribution is -1.99. The highest BCUT2D eigenvalue weighted by atomic mass is 35.5. The van der Waals surface area contributed by atoms with E-state index in [0.29, 0.717) is 5.15 Å². The first-order valence-corrected chi connectivity index (χ1v) is 5.65. The van der Waals surface area contributed by atoms with Crippen LogP contribution in [0.15, 0.2) is 36.5 Å². The smallest absolute Gasteiger partial charge is 0.135 e. The van der Waals surface area contributed by atoms with E-state index in [4.69, 9.17) is 11.6 Å². The molecule has 0 saturated heterocycles. The standard InChI is InChI=1S/C13H13ClN2/c1-10-9-15-12(16-13(10)14)8-7-11-5-3-2-4-6-11/h2-6,9H,7-8H2,1H3. The summed E-state index contributed by atoms with van der Waals surface area (Å²) in [7, 11) is 0. The molecule has 0 saturated carbocycles. The average Bonchev–Trinajstić information content (AvgIpc) is 2.32. The number of hydrogen-bond acceptors (Lipinski definition) is 2. The van der Waals surface area contributed by atoms with Crippen molar-refractivity contribution in [1.29, 1.82) is 0 Å². The molecule has 3 heteroatoms. The van der Waals surface area contributed by atoms with Crippen LogP contribution in [-0.4, -0.2) is 9.97 Å². The van der Waals surface area contributed by atoms with Crippen LogP contribution in [0.2, 0.25) is 5.15 Å². The van der Waals surface area contributed by atoms with E-state index in [1.807, 2.05) is 25.1 Å². The molecule has 2 rings (SSSR count). The Morgan fingerprint density at radius 2 is 1.88 bits per heavy atom. The highest BCUT2D eigenvalue weighted by molar-refractivity contribution is 6.30. The number of hydrogen-bond donors (Lipinski definition) is 0. The minimum absolute atomic E-state index is 0.554. The number of rotatable bonds is 3. The zero-order valence-electron chi connectivity index (χ0n) is 9.15. The Morgan fingerprint density at radius 1 is 1.12 bits per heavy atom. The first-order valence-electron chi connectivity index (χ1n) is 5.27. The summed E-state index contributed by atoms with van der Waals surface area (Å²) in [6.07, 6.45) is 3.54. The van der Waals surface area contributed by atoms with Crippen molar-refractivity contribution in [1.82, 2.24) is 9.97 Å². The van der Waals surface area contributed by atoms with Gasteiger partial charge in [-0.2, -0.15) is 0 Å². The van der Waals surface area contributed by atoms with Crippen molar-refractivity contribution >= 4 is 11.6 Å². The van der Waals surface area contributed by atoms with Gasteiger partial charge in [0.05, 0.1) is 0 Å². The fourth-order valence-electron chi connectivity index (χ4n) is 1.48. The van der Waals surface area contributed by atoms with Gasteiger partial charge in [0.15, 0.2) is 0 Å². The maximum atomic E-state index is 5.94. The minimum Gasteiger partial charge on any atom is -0.241 e. The molecule has 0 bridgehead atoms. The highest BCUT2D eigenvalue weighted by Crippen LogP contribution is 2.11. The molecule has 0 fully saturated rings. The van der Waals surface area contributed by atoms with Gasteiger partial charge in [-0.1, -0.05) is 41.9 Å². The number of halogens is 1. The summed E-state index contributed by atoms with van der Waals surface area (Å²) >= 11 is 5.94. The van der Waals surface area contributed by atoms with Crippen molar-refractivity contribution in [2.75, 3.05) is 0 Å². The summed E-state index contributed by atoms with van der Waals surface area (Å²) < 4.78 is 0. The van der Waals surface area contributed by atoms with Gasteiger partial charge in [-0.25, -0.2) is 9.97 Å². The summed E-state index contributed by atoms with van der Waals surface area (Å²) in [4.78, 5) is 8.50. The first kappa shape index (κ1) is 11.1. The molecule has 2 nitrogen and oxygen atoms in total. The molecular formula is C13H13ClN2. The molecule has 0 aliphatic carbocycles. The fraction of sp³-hybridized carbons (Fsp3) is 0.231. The van der Waals surface area contributed by atoms with E-state index in [1.54, 1.807) is 6.20 Å². The van der Waals surface area contributed by atoms with Crippen LogP contribution in [0.25, 0.3) is 0 Å². The molecule has 2 aromatic rings. The van der Waals surface area contributed by atoms with E-state index in [-0.39, 0.29) is 0 Å². The zero-order valence-corrected chi connectivity index (χ0v) is 9.91. The molecule has 0 aliphatic heterocycles. The number of nitrogens with zero attached hydrogens (tertiary/aromatic N) is 2. The van der Waals surface area contributed by atoms with Crippen LogP contribution in [0, 0.1) is 6.92 Å². The van der Waals surface area contributed by atoms with Gasteiger partial charge in [-0.05, 0) is 18.9 Å². The van der Waals surface area contributed by atoms with Gasteiger partial charge >= 0.3 is 0 Å². The SMILES string of the molecule is Cc1cnc(CCc2ccccc2)nc1Cl. The van der Waals surface area contributed by atoms with Crippen LogP contribution >= 0.6 is 11.6 Å². The maximum Gasteiger partial charge on any atom is 0.135 e. The van der Waals surface area contributed by atoms with Gasteiger partial charge in [0.25, 0.3) is 0 Å². The average molecular weight is 233 g/mol. The number of benzene rings is 1. The molecule has 0 aliphatic rings. The monoisotopic (exact) mass is 232 g/mol. The Morgan fingerprint density at radius 3 is 2.56 bits per heavy atom. The zero-order chi connectivity index (χ0) is 11.4. The van der Waals surface area contributed by atoms with Crippen molar-refractivity contribution in [3.8, 4) is 0 Å². The van der Waals surface area contributed by atoms with Crippen LogP contribution in [0.5, 0.6) is 0 Å². The van der Waals surface area contributed by atoms with Crippen LogP contribution in [0.1, 0.15) is 17.0 Å². The Labute approximate surface area is 100 Å². The second-order valence-electron chi connectivity index (χ2n) is 3.75. The van der Waals surface area contributed by atoms with Crippen molar-refractivity contribution in [2.45, 2.75) is 19.8 Å². The lowest BCUT2D eigenvalue weighted by atomic mass is 10.1. The van der Waals surface area contributed by atoms with Crippen molar-refractivity contribution in [3.05, 3.63) is 58.6 Å². The van der Waals surface area contributed by atoms with Gasteiger partial charge < -0.3 is 0 Å². The van der Waals surface area contributed by atoms with Crippen molar-refractivity contribution in [3.63, 3.8) is 0 Å². The van der Waals surface area contributed by atoms with Crippen LogP contribution in [0.4, 0.5) is 0 Å². The van der Waals surface area contributed by atoms with Gasteiger partial charge in [-0.3, -0.25) is 0 Å². The molecule has 1 aromatic carbocycles. The first-order chi connectivity index (χ1) is 7.75. The summed E-state index contributed by atoms with van der Waals surface area (Å²) in [5.74, 6) is 0.805. The van der Waals surface area contributed by atoms with Crippen molar-refractivity contribution in [2.24, 2.45) is 0 Å². The van der Waals surface area contributed by atoms with E-state index >= 15 is 0 Å². The van der Waals surface area contributed by atoms with Gasteiger partial charge in [-0.15, -0.1) is 0 Å². The molecule has 82 valence electrons. The molecule has 0 N–H and O–H groups in total. The minimum atomic E-state index is 0.554. The Kier molecular flexibility index (Phi) is 3.52. The second-order valence-corrected chi connectivity index (χ2v) is 4.10. The van der Waals surface area contributed by atoms with Gasteiger partial charge in [0, 0.05) is 18.2 Å². The second kappa shape index (κ2) is 5.08. The van der Waals surface area contributed by atoms with E-state index in [2.05, 4.69) is 22.1 Å². The number of aryl methyl sites for hydroxylation is 3. The normalized spacial score (nSPS) is 10.4. The summed E-state index contributed by atoms with van der Waals surface area (Å²) in [5.41, 5.74) is 2.22. The number of aromatic nitrogens is 2.